The van der Waals surface area contributed by atoms with Crippen molar-refractivity contribution < 1.29 is 19.1 Å². The number of halogens is 1. The Morgan fingerprint density at radius 1 is 1.13 bits per heavy atom. The zero-order chi connectivity index (χ0) is 22.0. The van der Waals surface area contributed by atoms with Crippen molar-refractivity contribution in [3.05, 3.63) is 65.5 Å². The smallest absolute Gasteiger partial charge is 0.270 e. The second kappa shape index (κ2) is 8.44. The number of nitrogens with two attached hydrogens (primary N) is 1. The molecule has 0 spiro atoms. The Labute approximate surface area is 176 Å². The predicted octanol–water partition coefficient (Wildman–Crippen LogP) is 1.12. The highest BCUT2D eigenvalue weighted by atomic mass is 19.1. The summed E-state index contributed by atoms with van der Waals surface area (Å²) in [6.45, 7) is 2.59. The van der Waals surface area contributed by atoms with Crippen molar-refractivity contribution in [2.45, 2.75) is 0 Å². The van der Waals surface area contributed by atoms with Crippen LogP contribution in [-0.2, 0) is 0 Å². The maximum absolute atomic E-state index is 14.9. The number of anilines is 1. The first-order valence-electron chi connectivity index (χ1n) is 9.55. The van der Waals surface area contributed by atoms with E-state index in [1.54, 1.807) is 0 Å². The molecule has 0 bridgehead atoms. The highest BCUT2D eigenvalue weighted by molar-refractivity contribution is 6.17. The summed E-state index contributed by atoms with van der Waals surface area (Å²) < 4.78 is 14.9. The number of piperazine rings is 1. The lowest BCUT2D eigenvalue weighted by Crippen LogP contribution is -2.44. The van der Waals surface area contributed by atoms with Crippen LogP contribution in [0.4, 0.5) is 10.1 Å². The van der Waals surface area contributed by atoms with E-state index < -0.39 is 17.5 Å². The Morgan fingerprint density at radius 2 is 1.90 bits per heavy atom. The third-order valence-electron chi connectivity index (χ3n) is 5.01. The zero-order valence-electron chi connectivity index (χ0n) is 16.4. The third kappa shape index (κ3) is 4.05. The average Bonchev–Trinajstić information content (AvgIpc) is 2.78. The number of amides is 1. The van der Waals surface area contributed by atoms with Crippen molar-refractivity contribution in [1.82, 2.24) is 20.5 Å². The first kappa shape index (κ1) is 20.4. The number of carbonyl (C=O) groups is 2. The van der Waals surface area contributed by atoms with Crippen molar-refractivity contribution in [2.24, 2.45) is 5.73 Å². The number of ketones is 1. The van der Waals surface area contributed by atoms with Gasteiger partial charge in [0.1, 0.15) is 11.6 Å². The molecule has 0 atom stereocenters. The normalized spacial score (nSPS) is 13.8. The molecule has 0 unspecified atom stereocenters. The number of pyridine rings is 1. The minimum Gasteiger partial charge on any atom is -0.506 e. The Morgan fingerprint density at radius 3 is 2.58 bits per heavy atom. The van der Waals surface area contributed by atoms with Crippen molar-refractivity contribution in [2.75, 3.05) is 31.1 Å². The predicted molar refractivity (Wildman–Crippen MR) is 110 cm³/mol. The molecule has 10 heteroatoms. The van der Waals surface area contributed by atoms with Crippen LogP contribution < -0.4 is 16.0 Å². The molecular weight excluding hydrogens is 403 g/mol. The number of carbonyl (C=O) groups excluding carboxylic acids is 2. The first-order chi connectivity index (χ1) is 15.0. The van der Waals surface area contributed by atoms with E-state index in [0.717, 1.165) is 6.07 Å². The standard InChI is InChI=1S/C21H19FN6O3/c22-16-8-12(1-2-15(16)13-7-14(29)10-25-9-13)20(30)18-17(28-5-3-24-4-6-28)11-26-27-19(18)21(23)31/h1-2,7-11,24,29H,3-6H2,(H2,23,31). The van der Waals surface area contributed by atoms with Crippen LogP contribution >= 0.6 is 0 Å². The Balaban J connectivity index is 1.77. The maximum Gasteiger partial charge on any atom is 0.270 e. The Kier molecular flexibility index (Phi) is 5.54. The highest BCUT2D eigenvalue weighted by Crippen LogP contribution is 2.29. The van der Waals surface area contributed by atoms with Gasteiger partial charge >= 0.3 is 0 Å². The van der Waals surface area contributed by atoms with Crippen molar-refractivity contribution >= 4 is 17.4 Å². The van der Waals surface area contributed by atoms with E-state index in [9.17, 15) is 19.1 Å². The van der Waals surface area contributed by atoms with E-state index in [1.165, 1.54) is 36.8 Å². The van der Waals surface area contributed by atoms with E-state index >= 15 is 0 Å². The number of nitrogens with zero attached hydrogens (tertiary/aromatic N) is 4. The summed E-state index contributed by atoms with van der Waals surface area (Å²) in [6, 6.07) is 5.31. The topological polar surface area (TPSA) is 134 Å². The number of hydrogen-bond acceptors (Lipinski definition) is 8. The molecule has 0 aliphatic carbocycles. The Bertz CT molecular complexity index is 1160. The van der Waals surface area contributed by atoms with Gasteiger partial charge in [-0.2, -0.15) is 5.10 Å². The van der Waals surface area contributed by atoms with Crippen LogP contribution in [0.2, 0.25) is 0 Å². The number of primary amides is 1. The summed E-state index contributed by atoms with van der Waals surface area (Å²) in [5, 5.41) is 20.4. The average molecular weight is 422 g/mol. The molecule has 1 aromatic carbocycles. The van der Waals surface area contributed by atoms with Crippen LogP contribution in [0.15, 0.2) is 42.9 Å². The molecule has 2 aromatic heterocycles. The number of benzene rings is 1. The van der Waals surface area contributed by atoms with Gasteiger partial charge in [-0.1, -0.05) is 12.1 Å². The lowest BCUT2D eigenvalue weighted by molar-refractivity contribution is 0.0975. The van der Waals surface area contributed by atoms with Gasteiger partial charge in [0.15, 0.2) is 11.5 Å². The van der Waals surface area contributed by atoms with Crippen LogP contribution in [0, 0.1) is 5.82 Å². The molecule has 158 valence electrons. The van der Waals surface area contributed by atoms with Crippen LogP contribution in [-0.4, -0.2) is 58.2 Å². The number of nitrogens with one attached hydrogen (secondary N) is 1. The Hall–Kier alpha value is -3.92. The molecule has 9 nitrogen and oxygen atoms in total. The third-order valence-corrected chi connectivity index (χ3v) is 5.01. The van der Waals surface area contributed by atoms with E-state index in [-0.39, 0.29) is 28.1 Å². The quantitative estimate of drug-likeness (QED) is 0.521. The van der Waals surface area contributed by atoms with Gasteiger partial charge in [-0.25, -0.2) is 4.39 Å². The number of aromatic hydroxyl groups is 1. The monoisotopic (exact) mass is 422 g/mol. The second-order valence-corrected chi connectivity index (χ2v) is 7.01. The molecule has 1 fully saturated rings. The van der Waals surface area contributed by atoms with E-state index in [1.807, 2.05) is 4.90 Å². The van der Waals surface area contributed by atoms with Crippen LogP contribution in [0.1, 0.15) is 26.4 Å². The molecule has 31 heavy (non-hydrogen) atoms. The summed E-state index contributed by atoms with van der Waals surface area (Å²) in [4.78, 5) is 31.1. The molecule has 0 radical (unpaired) electrons. The van der Waals surface area contributed by atoms with Crippen molar-refractivity contribution in [3.8, 4) is 16.9 Å². The first-order valence-corrected chi connectivity index (χ1v) is 9.55. The van der Waals surface area contributed by atoms with Crippen LogP contribution in [0.5, 0.6) is 5.75 Å². The molecular formula is C21H19FN6O3. The lowest BCUT2D eigenvalue weighted by atomic mass is 9.97. The van der Waals surface area contributed by atoms with E-state index in [0.29, 0.717) is 37.4 Å². The second-order valence-electron chi connectivity index (χ2n) is 7.01. The fourth-order valence-corrected chi connectivity index (χ4v) is 3.53. The number of hydrogen-bond donors (Lipinski definition) is 3. The summed E-state index contributed by atoms with van der Waals surface area (Å²) in [5.41, 5.74) is 6.17. The maximum atomic E-state index is 14.9. The van der Waals surface area contributed by atoms with Gasteiger partial charge in [-0.15, -0.1) is 5.10 Å². The van der Waals surface area contributed by atoms with Gasteiger partial charge < -0.3 is 21.1 Å². The summed E-state index contributed by atoms with van der Waals surface area (Å²) in [6.07, 6.45) is 4.05. The van der Waals surface area contributed by atoms with Gasteiger partial charge in [0.2, 0.25) is 0 Å². The number of rotatable bonds is 5. The van der Waals surface area contributed by atoms with Gasteiger partial charge in [0.25, 0.3) is 5.91 Å². The molecule has 1 aliphatic heterocycles. The van der Waals surface area contributed by atoms with Crippen LogP contribution in [0.25, 0.3) is 11.1 Å². The van der Waals surface area contributed by atoms with Crippen molar-refractivity contribution in [1.29, 1.82) is 0 Å². The molecule has 0 saturated carbocycles. The summed E-state index contributed by atoms with van der Waals surface area (Å²) in [5.74, 6) is -2.26. The minimum absolute atomic E-state index is 0.00410. The molecule has 3 aromatic rings. The molecule has 4 N–H and O–H groups in total. The molecule has 1 saturated heterocycles. The fraction of sp³-hybridized carbons (Fsp3) is 0.190. The lowest BCUT2D eigenvalue weighted by Gasteiger charge is -2.30. The molecule has 3 heterocycles. The van der Waals surface area contributed by atoms with Gasteiger partial charge in [-0.3, -0.25) is 14.6 Å². The van der Waals surface area contributed by atoms with Gasteiger partial charge in [-0.05, 0) is 12.1 Å². The van der Waals surface area contributed by atoms with E-state index in [2.05, 4.69) is 20.5 Å². The summed E-state index contributed by atoms with van der Waals surface area (Å²) in [7, 11) is 0. The van der Waals surface area contributed by atoms with E-state index in [4.69, 9.17) is 5.73 Å². The SMILES string of the molecule is NC(=O)c1nncc(N2CCNCC2)c1C(=O)c1ccc(-c2cncc(O)c2)c(F)c1. The highest BCUT2D eigenvalue weighted by Gasteiger charge is 2.27. The largest absolute Gasteiger partial charge is 0.506 e. The summed E-state index contributed by atoms with van der Waals surface area (Å²) >= 11 is 0. The van der Waals surface area contributed by atoms with Crippen LogP contribution in [0.3, 0.4) is 0 Å². The fourth-order valence-electron chi connectivity index (χ4n) is 3.53. The molecule has 4 rings (SSSR count). The molecule has 1 amide bonds. The number of aromatic nitrogens is 3. The van der Waals surface area contributed by atoms with Gasteiger partial charge in [0, 0.05) is 49.1 Å². The zero-order valence-corrected chi connectivity index (χ0v) is 16.4. The van der Waals surface area contributed by atoms with Gasteiger partial charge in [0.05, 0.1) is 23.6 Å². The van der Waals surface area contributed by atoms with Crippen molar-refractivity contribution in [3.63, 3.8) is 0 Å². The molecule has 1 aliphatic rings. The minimum atomic E-state index is -0.893.